The number of pyridine rings is 1. The first-order valence-electron chi connectivity index (χ1n) is 4.67. The first-order valence-corrected chi connectivity index (χ1v) is 5.04. The monoisotopic (exact) mass is 223 g/mol. The molecule has 0 unspecified atom stereocenters. The number of benzene rings is 1. The lowest BCUT2D eigenvalue weighted by molar-refractivity contribution is 0.468. The molecule has 0 bridgehead atoms. The number of aromatic nitrogens is 1. The Morgan fingerprint density at radius 3 is 2.87 bits per heavy atom. The number of aromatic amines is 1. The van der Waals surface area contributed by atoms with Gasteiger partial charge in [-0.15, -0.1) is 0 Å². The molecule has 0 aliphatic rings. The fourth-order valence-electron chi connectivity index (χ4n) is 1.62. The third-order valence-corrected chi connectivity index (χ3v) is 2.73. The van der Waals surface area contributed by atoms with Crippen molar-refractivity contribution in [1.29, 1.82) is 0 Å². The number of halogens is 1. The summed E-state index contributed by atoms with van der Waals surface area (Å²) in [4.78, 5) is 13.8. The summed E-state index contributed by atoms with van der Waals surface area (Å²) in [6.45, 7) is 2.00. The van der Waals surface area contributed by atoms with Crippen molar-refractivity contribution in [3.8, 4) is 5.75 Å². The first-order chi connectivity index (χ1) is 7.13. The van der Waals surface area contributed by atoms with Gasteiger partial charge in [-0.25, -0.2) is 0 Å². The van der Waals surface area contributed by atoms with Crippen LogP contribution in [0, 0.1) is 0 Å². The quantitative estimate of drug-likeness (QED) is 0.780. The zero-order valence-corrected chi connectivity index (χ0v) is 8.93. The Hall–Kier alpha value is -1.48. The van der Waals surface area contributed by atoms with Gasteiger partial charge >= 0.3 is 0 Å². The zero-order chi connectivity index (χ0) is 11.0. The lowest BCUT2D eigenvalue weighted by atomic mass is 10.1. The Balaban J connectivity index is 2.94. The predicted octanol–water partition coefficient (Wildman–Crippen LogP) is 2.45. The number of rotatable bonds is 1. The number of hydrogen-bond donors (Lipinski definition) is 2. The maximum atomic E-state index is 11.2. The van der Waals surface area contributed by atoms with Crippen molar-refractivity contribution in [3.63, 3.8) is 0 Å². The fraction of sp³-hybridized carbons (Fsp3) is 0.182. The summed E-state index contributed by atoms with van der Waals surface area (Å²) in [5.41, 5.74) is 1.11. The van der Waals surface area contributed by atoms with Gasteiger partial charge in [0.15, 0.2) is 5.75 Å². The van der Waals surface area contributed by atoms with Crippen molar-refractivity contribution in [1.82, 2.24) is 4.98 Å². The third-order valence-electron chi connectivity index (χ3n) is 2.42. The standard InChI is InChI=1S/C11H10ClNO2/c1-2-6-3-4-8(12)10-7(6)5-9(14)11(15)13-10/h3-5,14H,2H2,1H3,(H,13,15). The summed E-state index contributed by atoms with van der Waals surface area (Å²) in [5.74, 6) is -0.278. The van der Waals surface area contributed by atoms with Gasteiger partial charge < -0.3 is 10.1 Å². The van der Waals surface area contributed by atoms with Crippen molar-refractivity contribution in [2.45, 2.75) is 13.3 Å². The topological polar surface area (TPSA) is 53.1 Å². The summed E-state index contributed by atoms with van der Waals surface area (Å²) in [5, 5.41) is 10.6. The highest BCUT2D eigenvalue weighted by Crippen LogP contribution is 2.25. The number of nitrogens with one attached hydrogen (secondary N) is 1. The molecular weight excluding hydrogens is 214 g/mol. The SMILES string of the molecule is CCc1ccc(Cl)c2[nH]c(=O)c(O)cc12. The van der Waals surface area contributed by atoms with Crippen LogP contribution in [0.1, 0.15) is 12.5 Å². The molecular formula is C11H10ClNO2. The van der Waals surface area contributed by atoms with Crippen LogP contribution in [0.25, 0.3) is 10.9 Å². The molecule has 0 aliphatic heterocycles. The minimum atomic E-state index is -0.516. The normalized spacial score (nSPS) is 10.8. The molecule has 1 aromatic heterocycles. The van der Waals surface area contributed by atoms with Crippen molar-refractivity contribution in [2.75, 3.05) is 0 Å². The van der Waals surface area contributed by atoms with Gasteiger partial charge in [0.2, 0.25) is 0 Å². The molecule has 0 radical (unpaired) electrons. The van der Waals surface area contributed by atoms with Crippen LogP contribution in [0.2, 0.25) is 5.02 Å². The molecule has 3 nitrogen and oxygen atoms in total. The van der Waals surface area contributed by atoms with E-state index in [1.165, 1.54) is 6.07 Å². The van der Waals surface area contributed by atoms with Gasteiger partial charge in [-0.3, -0.25) is 4.79 Å². The molecule has 0 spiro atoms. The molecule has 2 aromatic rings. The first kappa shape index (κ1) is 10.1. The Kier molecular flexibility index (Phi) is 2.40. The summed E-state index contributed by atoms with van der Waals surface area (Å²) in [7, 11) is 0. The van der Waals surface area contributed by atoms with Crippen molar-refractivity contribution in [2.24, 2.45) is 0 Å². The molecule has 2 rings (SSSR count). The molecule has 0 atom stereocenters. The van der Waals surface area contributed by atoms with Crippen molar-refractivity contribution in [3.05, 3.63) is 39.1 Å². The minimum absolute atomic E-state index is 0.278. The maximum Gasteiger partial charge on any atom is 0.290 e. The summed E-state index contributed by atoms with van der Waals surface area (Å²) >= 11 is 5.96. The van der Waals surface area contributed by atoms with Gasteiger partial charge in [0.05, 0.1) is 10.5 Å². The summed E-state index contributed by atoms with van der Waals surface area (Å²) < 4.78 is 0. The Morgan fingerprint density at radius 1 is 1.47 bits per heavy atom. The number of fused-ring (bicyclic) bond motifs is 1. The van der Waals surface area contributed by atoms with E-state index in [-0.39, 0.29) is 5.75 Å². The molecule has 4 heteroatoms. The lowest BCUT2D eigenvalue weighted by Gasteiger charge is -2.06. The Labute approximate surface area is 91.3 Å². The molecule has 0 saturated heterocycles. The molecule has 0 aliphatic carbocycles. The van der Waals surface area contributed by atoms with Gasteiger partial charge in [-0.05, 0) is 24.1 Å². The molecule has 0 fully saturated rings. The maximum absolute atomic E-state index is 11.2. The van der Waals surface area contributed by atoms with E-state index < -0.39 is 5.56 Å². The Bertz CT molecular complexity index is 575. The minimum Gasteiger partial charge on any atom is -0.503 e. The van der Waals surface area contributed by atoms with Crippen LogP contribution in [-0.2, 0) is 6.42 Å². The van der Waals surface area contributed by atoms with E-state index in [0.717, 1.165) is 17.4 Å². The number of aromatic hydroxyl groups is 1. The van der Waals surface area contributed by atoms with Gasteiger partial charge in [-0.1, -0.05) is 24.6 Å². The molecule has 78 valence electrons. The molecule has 1 heterocycles. The average molecular weight is 224 g/mol. The second-order valence-corrected chi connectivity index (χ2v) is 3.74. The highest BCUT2D eigenvalue weighted by molar-refractivity contribution is 6.35. The van der Waals surface area contributed by atoms with E-state index >= 15 is 0 Å². The predicted molar refractivity (Wildman–Crippen MR) is 60.6 cm³/mol. The van der Waals surface area contributed by atoms with Crippen LogP contribution in [0.5, 0.6) is 5.75 Å². The largest absolute Gasteiger partial charge is 0.503 e. The second-order valence-electron chi connectivity index (χ2n) is 3.33. The average Bonchev–Trinajstić information content (AvgIpc) is 2.22. The van der Waals surface area contributed by atoms with Crippen LogP contribution >= 0.6 is 11.6 Å². The van der Waals surface area contributed by atoms with Gasteiger partial charge in [-0.2, -0.15) is 0 Å². The van der Waals surface area contributed by atoms with E-state index in [0.29, 0.717) is 10.5 Å². The molecule has 0 saturated carbocycles. The number of H-pyrrole nitrogens is 1. The highest BCUT2D eigenvalue weighted by Gasteiger charge is 2.07. The number of hydrogen-bond acceptors (Lipinski definition) is 2. The molecule has 15 heavy (non-hydrogen) atoms. The third kappa shape index (κ3) is 1.59. The van der Waals surface area contributed by atoms with E-state index in [2.05, 4.69) is 4.98 Å². The van der Waals surface area contributed by atoms with Crippen molar-refractivity contribution < 1.29 is 5.11 Å². The highest BCUT2D eigenvalue weighted by atomic mass is 35.5. The van der Waals surface area contributed by atoms with Crippen LogP contribution in [0.3, 0.4) is 0 Å². The fourth-order valence-corrected chi connectivity index (χ4v) is 1.83. The molecule has 1 aromatic carbocycles. The van der Waals surface area contributed by atoms with Crippen LogP contribution < -0.4 is 5.56 Å². The van der Waals surface area contributed by atoms with E-state index in [1.807, 2.05) is 13.0 Å². The molecule has 0 amide bonds. The van der Waals surface area contributed by atoms with E-state index in [4.69, 9.17) is 11.6 Å². The number of aryl methyl sites for hydroxylation is 1. The Morgan fingerprint density at radius 2 is 2.20 bits per heavy atom. The summed E-state index contributed by atoms with van der Waals surface area (Å²) in [6, 6.07) is 5.09. The van der Waals surface area contributed by atoms with Crippen LogP contribution in [-0.4, -0.2) is 10.1 Å². The second kappa shape index (κ2) is 3.59. The van der Waals surface area contributed by atoms with Crippen molar-refractivity contribution >= 4 is 22.5 Å². The van der Waals surface area contributed by atoms with Crippen LogP contribution in [0.15, 0.2) is 23.0 Å². The van der Waals surface area contributed by atoms with E-state index in [9.17, 15) is 9.90 Å². The smallest absolute Gasteiger partial charge is 0.290 e. The van der Waals surface area contributed by atoms with Crippen LogP contribution in [0.4, 0.5) is 0 Å². The molecule has 2 N–H and O–H groups in total. The lowest BCUT2D eigenvalue weighted by Crippen LogP contribution is -2.05. The summed E-state index contributed by atoms with van der Waals surface area (Å²) in [6.07, 6.45) is 0.819. The van der Waals surface area contributed by atoms with E-state index in [1.54, 1.807) is 6.07 Å². The van der Waals surface area contributed by atoms with Gasteiger partial charge in [0.25, 0.3) is 5.56 Å². The zero-order valence-electron chi connectivity index (χ0n) is 8.17. The van der Waals surface area contributed by atoms with Gasteiger partial charge in [0.1, 0.15) is 0 Å². The van der Waals surface area contributed by atoms with Gasteiger partial charge in [0, 0.05) is 5.39 Å².